The topological polar surface area (TPSA) is 138 Å². The minimum Gasteiger partial charge on any atom is -0.314 e. The highest BCUT2D eigenvalue weighted by molar-refractivity contribution is 7.80. The van der Waals surface area contributed by atoms with Crippen molar-refractivity contribution in [3.05, 3.63) is 0 Å². The summed E-state index contributed by atoms with van der Waals surface area (Å²) in [6.45, 7) is 0.544. The molecule has 25 heavy (non-hydrogen) atoms. The van der Waals surface area contributed by atoms with E-state index in [2.05, 4.69) is 15.1 Å². The number of urea groups is 1. The lowest BCUT2D eigenvalue weighted by atomic mass is 9.96. The third-order valence-corrected chi connectivity index (χ3v) is 4.58. The molecule has 0 aromatic heterocycles. The lowest BCUT2D eigenvalue weighted by Crippen LogP contribution is -2.56. The van der Waals surface area contributed by atoms with Gasteiger partial charge in [-0.25, -0.2) is 19.1 Å². The molecule has 3 N–H and O–H groups in total. The summed E-state index contributed by atoms with van der Waals surface area (Å²) in [5.74, 6) is -4.56. The van der Waals surface area contributed by atoms with Gasteiger partial charge in [0.25, 0.3) is 11.8 Å². The van der Waals surface area contributed by atoms with Crippen LogP contribution in [0.3, 0.4) is 0 Å². The molecule has 0 radical (unpaired) electrons. The maximum Gasteiger partial charge on any atom is 0.418 e. The van der Waals surface area contributed by atoms with Crippen molar-refractivity contribution in [2.24, 2.45) is 0 Å². The highest BCUT2D eigenvalue weighted by Gasteiger charge is 2.62. The minimum atomic E-state index is -5.18. The lowest BCUT2D eigenvalue weighted by molar-refractivity contribution is -0.161. The molecule has 0 aromatic rings. The number of nitrogens with zero attached hydrogens (tertiary/aromatic N) is 2. The summed E-state index contributed by atoms with van der Waals surface area (Å²) in [5.41, 5.74) is 2.07. The van der Waals surface area contributed by atoms with Gasteiger partial charge in [0, 0.05) is 13.0 Å². The van der Waals surface area contributed by atoms with E-state index < -0.39 is 53.3 Å². The van der Waals surface area contributed by atoms with E-state index in [1.165, 1.54) is 0 Å². The summed E-state index contributed by atoms with van der Waals surface area (Å²) in [5, 5.41) is 2.86. The number of hydrogen-bond acceptors (Lipinski definition) is 7. The maximum atomic E-state index is 14.2. The molecule has 3 aliphatic heterocycles. The molecule has 3 fully saturated rings. The molecule has 2 bridgehead atoms. The fourth-order valence-corrected chi connectivity index (χ4v) is 3.40. The Bertz CT molecular complexity index is 669. The van der Waals surface area contributed by atoms with Crippen LogP contribution in [-0.2, 0) is 24.3 Å². The van der Waals surface area contributed by atoms with Crippen LogP contribution >= 0.6 is 0 Å². The van der Waals surface area contributed by atoms with Gasteiger partial charge in [-0.3, -0.25) is 14.2 Å². The second-order valence-corrected chi connectivity index (χ2v) is 6.96. The van der Waals surface area contributed by atoms with Gasteiger partial charge in [0.2, 0.25) is 0 Å². The second kappa shape index (κ2) is 6.28. The highest BCUT2D eigenvalue weighted by Crippen LogP contribution is 2.41. The van der Waals surface area contributed by atoms with Gasteiger partial charge in [0.05, 0.1) is 12.6 Å². The number of alkyl halides is 2. The number of hydroxylamine groups is 3. The molecule has 14 heteroatoms. The average molecular weight is 386 g/mol. The third kappa shape index (κ3) is 3.67. The zero-order valence-corrected chi connectivity index (χ0v) is 13.5. The van der Waals surface area contributed by atoms with Crippen molar-refractivity contribution < 1.29 is 40.5 Å². The summed E-state index contributed by atoms with van der Waals surface area (Å²) in [7, 11) is -5.18. The third-order valence-electron chi connectivity index (χ3n) is 4.23. The zero-order chi connectivity index (χ0) is 18.4. The molecule has 3 atom stereocenters. The first-order valence-corrected chi connectivity index (χ1v) is 8.76. The van der Waals surface area contributed by atoms with Crippen molar-refractivity contribution >= 4 is 22.3 Å². The number of rotatable bonds is 5. The van der Waals surface area contributed by atoms with Crippen LogP contribution in [0.2, 0.25) is 0 Å². The number of fused-ring (bicyclic) bond motifs is 2. The number of halogens is 2. The van der Waals surface area contributed by atoms with E-state index in [4.69, 9.17) is 9.39 Å². The molecule has 3 heterocycles. The normalized spacial score (nSPS) is 31.5. The van der Waals surface area contributed by atoms with Crippen LogP contribution in [0.15, 0.2) is 0 Å². The Morgan fingerprint density at radius 1 is 1.44 bits per heavy atom. The second-order valence-electron chi connectivity index (χ2n) is 5.96. The van der Waals surface area contributed by atoms with Gasteiger partial charge in [-0.1, -0.05) is 0 Å². The Hall–Kier alpha value is -1.61. The molecule has 0 saturated carbocycles. The summed E-state index contributed by atoms with van der Waals surface area (Å²) < 4.78 is 62.6. The summed E-state index contributed by atoms with van der Waals surface area (Å²) in [4.78, 5) is 30.1. The first kappa shape index (κ1) is 18.2. The molecule has 3 amide bonds. The van der Waals surface area contributed by atoms with Gasteiger partial charge in [-0.15, -0.1) is 4.28 Å². The van der Waals surface area contributed by atoms with E-state index in [1.54, 1.807) is 0 Å². The van der Waals surface area contributed by atoms with Gasteiger partial charge < -0.3 is 10.2 Å². The molecule has 0 aliphatic carbocycles. The molecule has 142 valence electrons. The molecule has 3 saturated heterocycles. The first-order chi connectivity index (χ1) is 11.6. The molecular weight excluding hydrogens is 370 g/mol. The quantitative estimate of drug-likeness (QED) is 0.389. The van der Waals surface area contributed by atoms with Crippen LogP contribution in [0.25, 0.3) is 0 Å². The predicted octanol–water partition coefficient (Wildman–Crippen LogP) is -1.36. The maximum absolute atomic E-state index is 14.2. The van der Waals surface area contributed by atoms with Crippen molar-refractivity contribution in [2.75, 3.05) is 19.6 Å². The molecule has 3 rings (SSSR count). The Morgan fingerprint density at radius 3 is 2.76 bits per heavy atom. The number of nitrogens with one attached hydrogen (secondary N) is 2. The minimum absolute atomic E-state index is 0.121. The fourth-order valence-electron chi connectivity index (χ4n) is 3.03. The van der Waals surface area contributed by atoms with E-state index in [0.717, 1.165) is 4.90 Å². The number of amides is 3. The molecular formula is C11H16F2N4O7S. The van der Waals surface area contributed by atoms with E-state index in [1.807, 2.05) is 0 Å². The number of hydrogen-bond donors (Lipinski definition) is 3. The van der Waals surface area contributed by atoms with E-state index in [-0.39, 0.29) is 11.2 Å². The van der Waals surface area contributed by atoms with Crippen LogP contribution in [0.4, 0.5) is 13.6 Å². The SMILES string of the molecule is O=C(NOC1CCNC1)C1CC(F)(F)C2CN1C(=O)N2OS(=O)(=O)O. The number of carbonyl (C=O) groups excluding carboxylic acids is 2. The van der Waals surface area contributed by atoms with Gasteiger partial charge in [0.1, 0.15) is 12.1 Å². The van der Waals surface area contributed by atoms with Gasteiger partial charge in [0.15, 0.2) is 0 Å². The standard InChI is InChI=1S/C11H16F2N4O7S/c12-11(13)3-7(9(18)15-23-6-1-2-14-4-6)16-5-8(11)17(10(16)19)24-25(20,21)22/h6-8,14H,1-5H2,(H,15,18)(H,20,21,22). The zero-order valence-electron chi connectivity index (χ0n) is 12.7. The van der Waals surface area contributed by atoms with Crippen molar-refractivity contribution in [3.8, 4) is 0 Å². The van der Waals surface area contributed by atoms with Crippen LogP contribution < -0.4 is 10.8 Å². The van der Waals surface area contributed by atoms with E-state index in [9.17, 15) is 26.8 Å². The molecule has 11 nitrogen and oxygen atoms in total. The van der Waals surface area contributed by atoms with Gasteiger partial charge in [-0.05, 0) is 13.0 Å². The molecule has 3 aliphatic rings. The monoisotopic (exact) mass is 386 g/mol. The van der Waals surface area contributed by atoms with Crippen LogP contribution in [0.1, 0.15) is 12.8 Å². The summed E-state index contributed by atoms with van der Waals surface area (Å²) >= 11 is 0. The number of carbonyl (C=O) groups is 2. The number of piperidine rings is 1. The highest BCUT2D eigenvalue weighted by atomic mass is 32.3. The van der Waals surface area contributed by atoms with Crippen LogP contribution in [-0.4, -0.2) is 78.6 Å². The smallest absolute Gasteiger partial charge is 0.314 e. The Balaban J connectivity index is 1.72. The molecule has 3 unspecified atom stereocenters. The van der Waals surface area contributed by atoms with Crippen molar-refractivity contribution in [3.63, 3.8) is 0 Å². The van der Waals surface area contributed by atoms with Gasteiger partial charge in [-0.2, -0.15) is 13.5 Å². The van der Waals surface area contributed by atoms with Crippen LogP contribution in [0, 0.1) is 0 Å². The molecule has 0 spiro atoms. The largest absolute Gasteiger partial charge is 0.418 e. The van der Waals surface area contributed by atoms with Crippen molar-refractivity contribution in [1.29, 1.82) is 0 Å². The molecule has 0 aromatic carbocycles. The van der Waals surface area contributed by atoms with E-state index in [0.29, 0.717) is 19.5 Å². The fraction of sp³-hybridized carbons (Fsp3) is 0.818. The first-order valence-electron chi connectivity index (χ1n) is 7.39. The van der Waals surface area contributed by atoms with Crippen LogP contribution in [0.5, 0.6) is 0 Å². The lowest BCUT2D eigenvalue weighted by Gasteiger charge is -2.34. The van der Waals surface area contributed by atoms with Crippen molar-refractivity contribution in [2.45, 2.75) is 37.0 Å². The average Bonchev–Trinajstić information content (AvgIpc) is 3.10. The Morgan fingerprint density at radius 2 is 2.16 bits per heavy atom. The summed E-state index contributed by atoms with van der Waals surface area (Å²) in [6, 6.07) is -4.77. The van der Waals surface area contributed by atoms with E-state index >= 15 is 0 Å². The Kier molecular flexibility index (Phi) is 4.57. The summed E-state index contributed by atoms with van der Waals surface area (Å²) in [6.07, 6.45) is -0.719. The predicted molar refractivity (Wildman–Crippen MR) is 74.2 cm³/mol. The van der Waals surface area contributed by atoms with Crippen molar-refractivity contribution in [1.82, 2.24) is 20.8 Å². The van der Waals surface area contributed by atoms with Gasteiger partial charge >= 0.3 is 16.4 Å². The Labute approximate surface area is 141 Å².